The van der Waals surface area contributed by atoms with Crippen molar-refractivity contribution in [3.63, 3.8) is 0 Å². The summed E-state index contributed by atoms with van der Waals surface area (Å²) in [7, 11) is -1.56. The molecule has 3 rings (SSSR count). The molecule has 5 nitrogen and oxygen atoms in total. The van der Waals surface area contributed by atoms with Gasteiger partial charge in [-0.1, -0.05) is 51.1 Å². The summed E-state index contributed by atoms with van der Waals surface area (Å²) < 4.78 is 12.8. The van der Waals surface area contributed by atoms with Gasteiger partial charge in [0.25, 0.3) is 0 Å². The quantitative estimate of drug-likeness (QED) is 0.765. The van der Waals surface area contributed by atoms with E-state index in [-0.39, 0.29) is 18.2 Å². The highest BCUT2D eigenvalue weighted by atomic mass is 32.2. The molecular formula is C22H26N2O3S. The van der Waals surface area contributed by atoms with Crippen LogP contribution >= 0.6 is 0 Å². The number of carbonyl (C=O) groups excluding carboxylic acids is 2. The maximum atomic E-state index is 12.8. The molecular weight excluding hydrogens is 372 g/mol. The van der Waals surface area contributed by atoms with Crippen molar-refractivity contribution in [3.8, 4) is 0 Å². The number of fused-ring (bicyclic) bond motifs is 1. The van der Waals surface area contributed by atoms with Gasteiger partial charge in [0.1, 0.15) is 5.25 Å². The first-order chi connectivity index (χ1) is 13.5. The number of hydrogen-bond donors (Lipinski definition) is 2. The van der Waals surface area contributed by atoms with Crippen LogP contribution in [0.4, 0.5) is 11.4 Å². The zero-order chi connectivity index (χ0) is 20.3. The van der Waals surface area contributed by atoms with Gasteiger partial charge in [-0.2, -0.15) is 0 Å². The summed E-state index contributed by atoms with van der Waals surface area (Å²) in [5.41, 5.74) is 3.53. The molecule has 0 spiro atoms. The fourth-order valence-electron chi connectivity index (χ4n) is 3.43. The van der Waals surface area contributed by atoms with Gasteiger partial charge < -0.3 is 10.6 Å². The Kier molecular flexibility index (Phi) is 6.29. The average molecular weight is 399 g/mol. The van der Waals surface area contributed by atoms with Gasteiger partial charge in [-0.3, -0.25) is 13.8 Å². The molecule has 1 heterocycles. The van der Waals surface area contributed by atoms with Gasteiger partial charge >= 0.3 is 0 Å². The van der Waals surface area contributed by atoms with Crippen LogP contribution < -0.4 is 10.6 Å². The third-order valence-electron chi connectivity index (χ3n) is 5.25. The first-order valence-corrected chi connectivity index (χ1v) is 10.9. The van der Waals surface area contributed by atoms with Crippen LogP contribution in [0.2, 0.25) is 0 Å². The molecule has 1 aliphatic heterocycles. The maximum Gasteiger partial charge on any atom is 0.241 e. The lowest BCUT2D eigenvalue weighted by atomic mass is 9.93. The Morgan fingerprint density at radius 3 is 2.64 bits per heavy atom. The van der Waals surface area contributed by atoms with Crippen LogP contribution in [0.3, 0.4) is 0 Å². The summed E-state index contributed by atoms with van der Waals surface area (Å²) in [5.74, 6) is -0.364. The minimum atomic E-state index is -1.56. The van der Waals surface area contributed by atoms with Gasteiger partial charge in [0, 0.05) is 5.69 Å². The SMILES string of the molecule is CCc1cccc([C@@H](C)CC)c1NC(=O)C[C@H]1C(=O)Nc2ccccc2[S@]1=O. The van der Waals surface area contributed by atoms with Crippen LogP contribution in [0.15, 0.2) is 47.4 Å². The number of aryl methyl sites for hydroxylation is 1. The number of para-hydroxylation sites is 2. The summed E-state index contributed by atoms with van der Waals surface area (Å²) in [4.78, 5) is 25.8. The molecule has 2 amide bonds. The summed E-state index contributed by atoms with van der Waals surface area (Å²) in [6.07, 6.45) is 1.63. The molecule has 1 aliphatic rings. The predicted octanol–water partition coefficient (Wildman–Crippen LogP) is 4.22. The first-order valence-electron chi connectivity index (χ1n) is 9.68. The fourth-order valence-corrected chi connectivity index (χ4v) is 4.85. The number of hydrogen-bond acceptors (Lipinski definition) is 3. The van der Waals surface area contributed by atoms with Gasteiger partial charge in [-0.05, 0) is 42.0 Å². The molecule has 0 saturated heterocycles. The second-order valence-corrected chi connectivity index (χ2v) is 8.67. The van der Waals surface area contributed by atoms with E-state index in [1.165, 1.54) is 0 Å². The molecule has 0 fully saturated rings. The molecule has 0 aliphatic carbocycles. The summed E-state index contributed by atoms with van der Waals surface area (Å²) in [6.45, 7) is 6.29. The van der Waals surface area contributed by atoms with Crippen LogP contribution in [0.25, 0.3) is 0 Å². The fraction of sp³-hybridized carbons (Fsp3) is 0.364. The number of benzene rings is 2. The van der Waals surface area contributed by atoms with Crippen molar-refractivity contribution < 1.29 is 13.8 Å². The monoisotopic (exact) mass is 398 g/mol. The number of anilines is 2. The first kappa shape index (κ1) is 20.3. The van der Waals surface area contributed by atoms with Crippen LogP contribution in [0.1, 0.15) is 50.7 Å². The average Bonchev–Trinajstić information content (AvgIpc) is 2.70. The van der Waals surface area contributed by atoms with Gasteiger partial charge in [0.2, 0.25) is 11.8 Å². The summed E-state index contributed by atoms with van der Waals surface area (Å²) in [6, 6.07) is 13.0. The van der Waals surface area contributed by atoms with Crippen LogP contribution in [-0.2, 0) is 26.8 Å². The lowest BCUT2D eigenvalue weighted by Crippen LogP contribution is -2.39. The smallest absolute Gasteiger partial charge is 0.241 e. The molecule has 0 saturated carbocycles. The third-order valence-corrected chi connectivity index (χ3v) is 6.94. The van der Waals surface area contributed by atoms with E-state index in [1.807, 2.05) is 25.1 Å². The molecule has 28 heavy (non-hydrogen) atoms. The second kappa shape index (κ2) is 8.69. The zero-order valence-corrected chi connectivity index (χ0v) is 17.3. The minimum absolute atomic E-state index is 0.120. The van der Waals surface area contributed by atoms with Crippen LogP contribution in [0.5, 0.6) is 0 Å². The van der Waals surface area contributed by atoms with Crippen molar-refractivity contribution in [1.29, 1.82) is 0 Å². The summed E-state index contributed by atoms with van der Waals surface area (Å²) in [5, 5.41) is 4.87. The van der Waals surface area contributed by atoms with E-state index in [0.29, 0.717) is 16.5 Å². The van der Waals surface area contributed by atoms with Crippen molar-refractivity contribution in [2.45, 2.75) is 56.1 Å². The number of carbonyl (C=O) groups is 2. The van der Waals surface area contributed by atoms with Crippen molar-refractivity contribution in [1.82, 2.24) is 0 Å². The molecule has 6 heteroatoms. The Labute approximate surface area is 168 Å². The van der Waals surface area contributed by atoms with Crippen molar-refractivity contribution in [2.24, 2.45) is 0 Å². The predicted molar refractivity (Wildman–Crippen MR) is 113 cm³/mol. The van der Waals surface area contributed by atoms with E-state index in [2.05, 4.69) is 24.5 Å². The Morgan fingerprint density at radius 1 is 1.18 bits per heavy atom. The molecule has 0 bridgehead atoms. The highest BCUT2D eigenvalue weighted by molar-refractivity contribution is 7.86. The topological polar surface area (TPSA) is 75.3 Å². The molecule has 0 aromatic heterocycles. The number of rotatable bonds is 6. The minimum Gasteiger partial charge on any atom is -0.326 e. The normalized spacial score (nSPS) is 19.5. The lowest BCUT2D eigenvalue weighted by molar-refractivity contribution is -0.120. The molecule has 148 valence electrons. The molecule has 2 N–H and O–H groups in total. The standard InChI is InChI=1S/C22H26N2O3S/c1-4-14(3)16-10-8-9-15(5-2)21(16)24-20(25)13-19-22(26)23-17-11-6-7-12-18(17)28(19)27/h6-12,14,19H,4-5,13H2,1-3H3,(H,23,26)(H,24,25)/t14-,19-,28+/m0/s1. The highest BCUT2D eigenvalue weighted by Gasteiger charge is 2.34. The van der Waals surface area contributed by atoms with E-state index in [9.17, 15) is 13.8 Å². The zero-order valence-electron chi connectivity index (χ0n) is 16.5. The van der Waals surface area contributed by atoms with Gasteiger partial charge in [-0.25, -0.2) is 0 Å². The maximum absolute atomic E-state index is 12.8. The lowest BCUT2D eigenvalue weighted by Gasteiger charge is -2.24. The van der Waals surface area contributed by atoms with E-state index in [0.717, 1.165) is 29.7 Å². The molecule has 3 atom stereocenters. The molecule has 2 aromatic rings. The molecule has 0 unspecified atom stereocenters. The number of nitrogens with one attached hydrogen (secondary N) is 2. The Hall–Kier alpha value is -2.47. The van der Waals surface area contributed by atoms with E-state index in [4.69, 9.17) is 0 Å². The van der Waals surface area contributed by atoms with E-state index in [1.54, 1.807) is 24.3 Å². The highest BCUT2D eigenvalue weighted by Crippen LogP contribution is 2.32. The third kappa shape index (κ3) is 4.02. The van der Waals surface area contributed by atoms with Gasteiger partial charge in [0.05, 0.1) is 27.8 Å². The van der Waals surface area contributed by atoms with Crippen molar-refractivity contribution >= 4 is 34.0 Å². The van der Waals surface area contributed by atoms with Crippen molar-refractivity contribution in [3.05, 3.63) is 53.6 Å². The molecule has 0 radical (unpaired) electrons. The summed E-state index contributed by atoms with van der Waals surface area (Å²) >= 11 is 0. The van der Waals surface area contributed by atoms with E-state index >= 15 is 0 Å². The Bertz CT molecular complexity index is 926. The Balaban J connectivity index is 1.82. The molecule has 2 aromatic carbocycles. The van der Waals surface area contributed by atoms with Crippen LogP contribution in [-0.4, -0.2) is 21.3 Å². The largest absolute Gasteiger partial charge is 0.326 e. The van der Waals surface area contributed by atoms with Crippen molar-refractivity contribution in [2.75, 3.05) is 10.6 Å². The van der Waals surface area contributed by atoms with Gasteiger partial charge in [-0.15, -0.1) is 0 Å². The Morgan fingerprint density at radius 2 is 1.93 bits per heavy atom. The number of amides is 2. The van der Waals surface area contributed by atoms with Crippen LogP contribution in [0, 0.1) is 0 Å². The van der Waals surface area contributed by atoms with Gasteiger partial charge in [0.15, 0.2) is 0 Å². The second-order valence-electron chi connectivity index (χ2n) is 7.07. The van der Waals surface area contributed by atoms with E-state index < -0.39 is 16.0 Å².